The molecule has 0 heterocycles. The van der Waals surface area contributed by atoms with Crippen LogP contribution in [-0.4, -0.2) is 38.5 Å². The van der Waals surface area contributed by atoms with Crippen LogP contribution in [0.5, 0.6) is 0 Å². The lowest BCUT2D eigenvalue weighted by Gasteiger charge is -2.11. The van der Waals surface area contributed by atoms with Gasteiger partial charge in [0.25, 0.3) is 0 Å². The Balaban J connectivity index is 3.37. The van der Waals surface area contributed by atoms with E-state index < -0.39 is 0 Å². The molecular weight excluding hydrogens is 164 g/mol. The lowest BCUT2D eigenvalue weighted by Crippen LogP contribution is -2.25. The Morgan fingerprint density at radius 3 is 2.46 bits per heavy atom. The Morgan fingerprint density at radius 1 is 1.38 bits per heavy atom. The highest BCUT2D eigenvalue weighted by Crippen LogP contribution is 2.07. The minimum absolute atomic E-state index is 0.157. The van der Waals surface area contributed by atoms with E-state index in [1.807, 2.05) is 6.92 Å². The van der Waals surface area contributed by atoms with E-state index >= 15 is 0 Å². The van der Waals surface area contributed by atoms with E-state index in [2.05, 4.69) is 24.3 Å². The van der Waals surface area contributed by atoms with Gasteiger partial charge < -0.3 is 10.2 Å². The predicted octanol–water partition coefficient (Wildman–Crippen LogP) is 1.10. The van der Waals surface area contributed by atoms with Gasteiger partial charge in [0, 0.05) is 13.0 Å². The van der Waals surface area contributed by atoms with Gasteiger partial charge in [-0.3, -0.25) is 4.79 Å². The highest BCUT2D eigenvalue weighted by molar-refractivity contribution is 5.77. The Kier molecular flexibility index (Phi) is 6.59. The summed E-state index contributed by atoms with van der Waals surface area (Å²) < 4.78 is 0. The van der Waals surface area contributed by atoms with E-state index in [1.165, 1.54) is 6.42 Å². The van der Waals surface area contributed by atoms with Crippen LogP contribution < -0.4 is 5.32 Å². The van der Waals surface area contributed by atoms with Gasteiger partial charge in [0.1, 0.15) is 0 Å². The summed E-state index contributed by atoms with van der Waals surface area (Å²) in [4.78, 5) is 13.3. The van der Waals surface area contributed by atoms with Crippen LogP contribution in [0.4, 0.5) is 0 Å². The molecule has 0 saturated heterocycles. The van der Waals surface area contributed by atoms with Crippen LogP contribution in [0.25, 0.3) is 0 Å². The highest BCUT2D eigenvalue weighted by atomic mass is 16.1. The summed E-state index contributed by atoms with van der Waals surface area (Å²) in [5.41, 5.74) is 0. The molecule has 3 nitrogen and oxygen atoms in total. The van der Waals surface area contributed by atoms with Crippen molar-refractivity contribution in [2.45, 2.75) is 26.2 Å². The van der Waals surface area contributed by atoms with Crippen LogP contribution in [0.2, 0.25) is 0 Å². The van der Waals surface area contributed by atoms with Crippen molar-refractivity contribution in [3.05, 3.63) is 0 Å². The number of hydrogen-bond donors (Lipinski definition) is 1. The number of unbranched alkanes of at least 4 members (excludes halogenated alkanes) is 1. The first kappa shape index (κ1) is 12.4. The van der Waals surface area contributed by atoms with Crippen molar-refractivity contribution in [1.82, 2.24) is 10.2 Å². The first-order valence-electron chi connectivity index (χ1n) is 4.94. The largest absolute Gasteiger partial charge is 0.359 e. The van der Waals surface area contributed by atoms with Crippen LogP contribution in [0.15, 0.2) is 0 Å². The third-order valence-corrected chi connectivity index (χ3v) is 2.19. The SMILES string of the molecule is CNC(=O)C(C)CCCCN(C)C. The third-order valence-electron chi connectivity index (χ3n) is 2.19. The molecule has 1 N–H and O–H groups in total. The molecule has 13 heavy (non-hydrogen) atoms. The number of carbonyl (C=O) groups is 1. The zero-order valence-electron chi connectivity index (χ0n) is 9.26. The average Bonchev–Trinajstić information content (AvgIpc) is 2.10. The van der Waals surface area contributed by atoms with Gasteiger partial charge in [0.15, 0.2) is 0 Å². The first-order valence-corrected chi connectivity index (χ1v) is 4.94. The summed E-state index contributed by atoms with van der Waals surface area (Å²) in [5.74, 6) is 0.317. The number of nitrogens with one attached hydrogen (secondary N) is 1. The van der Waals surface area contributed by atoms with Crippen LogP contribution in [0.1, 0.15) is 26.2 Å². The molecule has 0 radical (unpaired) electrons. The number of rotatable bonds is 6. The van der Waals surface area contributed by atoms with Gasteiger partial charge in [-0.1, -0.05) is 13.3 Å². The summed E-state index contributed by atoms with van der Waals surface area (Å²) in [6.07, 6.45) is 3.30. The van der Waals surface area contributed by atoms with Crippen molar-refractivity contribution in [3.8, 4) is 0 Å². The maximum atomic E-state index is 11.1. The lowest BCUT2D eigenvalue weighted by atomic mass is 10.0. The van der Waals surface area contributed by atoms with Crippen molar-refractivity contribution in [2.75, 3.05) is 27.7 Å². The Hall–Kier alpha value is -0.570. The van der Waals surface area contributed by atoms with Gasteiger partial charge in [-0.05, 0) is 33.5 Å². The number of hydrogen-bond acceptors (Lipinski definition) is 2. The summed E-state index contributed by atoms with van der Waals surface area (Å²) in [7, 11) is 5.84. The fourth-order valence-corrected chi connectivity index (χ4v) is 1.26. The topological polar surface area (TPSA) is 32.3 Å². The molecule has 0 saturated carbocycles. The van der Waals surface area contributed by atoms with E-state index in [4.69, 9.17) is 0 Å². The molecule has 0 aromatic heterocycles. The van der Waals surface area contributed by atoms with Crippen molar-refractivity contribution in [2.24, 2.45) is 5.92 Å². The maximum Gasteiger partial charge on any atom is 0.222 e. The minimum Gasteiger partial charge on any atom is -0.359 e. The van der Waals surface area contributed by atoms with Gasteiger partial charge in [-0.2, -0.15) is 0 Å². The predicted molar refractivity (Wildman–Crippen MR) is 55.6 cm³/mol. The Morgan fingerprint density at radius 2 is 2.00 bits per heavy atom. The molecule has 1 unspecified atom stereocenters. The molecule has 3 heteroatoms. The van der Waals surface area contributed by atoms with Gasteiger partial charge in [-0.15, -0.1) is 0 Å². The second kappa shape index (κ2) is 6.89. The standard InChI is InChI=1S/C10H22N2O/c1-9(10(13)11-2)7-5-6-8-12(3)4/h9H,5-8H2,1-4H3,(H,11,13). The molecule has 1 atom stereocenters. The molecule has 0 aliphatic rings. The van der Waals surface area contributed by atoms with Gasteiger partial charge in [0.2, 0.25) is 5.91 Å². The van der Waals surface area contributed by atoms with Crippen molar-refractivity contribution >= 4 is 5.91 Å². The first-order chi connectivity index (χ1) is 6.07. The van der Waals surface area contributed by atoms with E-state index in [0.717, 1.165) is 19.4 Å². The summed E-state index contributed by atoms with van der Waals surface area (Å²) in [5, 5.41) is 2.67. The zero-order valence-corrected chi connectivity index (χ0v) is 9.26. The fourth-order valence-electron chi connectivity index (χ4n) is 1.26. The van der Waals surface area contributed by atoms with Gasteiger partial charge in [0.05, 0.1) is 0 Å². The van der Waals surface area contributed by atoms with E-state index in [1.54, 1.807) is 7.05 Å². The smallest absolute Gasteiger partial charge is 0.222 e. The van der Waals surface area contributed by atoms with Crippen LogP contribution in [-0.2, 0) is 4.79 Å². The number of nitrogens with zero attached hydrogens (tertiary/aromatic N) is 1. The van der Waals surface area contributed by atoms with Crippen LogP contribution in [0.3, 0.4) is 0 Å². The lowest BCUT2D eigenvalue weighted by molar-refractivity contribution is -0.124. The van der Waals surface area contributed by atoms with Gasteiger partial charge in [-0.25, -0.2) is 0 Å². The summed E-state index contributed by atoms with van der Waals surface area (Å²) in [6, 6.07) is 0. The second-order valence-corrected chi connectivity index (χ2v) is 3.81. The van der Waals surface area contributed by atoms with Crippen molar-refractivity contribution < 1.29 is 4.79 Å². The monoisotopic (exact) mass is 186 g/mol. The normalized spacial score (nSPS) is 13.0. The van der Waals surface area contributed by atoms with Crippen molar-refractivity contribution in [3.63, 3.8) is 0 Å². The Labute approximate surface area is 81.5 Å². The van der Waals surface area contributed by atoms with Crippen LogP contribution >= 0.6 is 0 Å². The molecule has 0 fully saturated rings. The molecular formula is C10H22N2O. The molecule has 0 bridgehead atoms. The van der Waals surface area contributed by atoms with Gasteiger partial charge >= 0.3 is 0 Å². The molecule has 0 aliphatic carbocycles. The van der Waals surface area contributed by atoms with E-state index in [-0.39, 0.29) is 11.8 Å². The zero-order chi connectivity index (χ0) is 10.3. The van der Waals surface area contributed by atoms with Crippen molar-refractivity contribution in [1.29, 1.82) is 0 Å². The molecule has 78 valence electrons. The summed E-state index contributed by atoms with van der Waals surface area (Å²) >= 11 is 0. The summed E-state index contributed by atoms with van der Waals surface area (Å²) in [6.45, 7) is 3.09. The molecule has 0 rings (SSSR count). The molecule has 1 amide bonds. The maximum absolute atomic E-state index is 11.1. The van der Waals surface area contributed by atoms with E-state index in [0.29, 0.717) is 0 Å². The number of amides is 1. The van der Waals surface area contributed by atoms with E-state index in [9.17, 15) is 4.79 Å². The second-order valence-electron chi connectivity index (χ2n) is 3.81. The van der Waals surface area contributed by atoms with Crippen LogP contribution in [0, 0.1) is 5.92 Å². The highest BCUT2D eigenvalue weighted by Gasteiger charge is 2.09. The Bertz CT molecular complexity index is 146. The molecule has 0 aliphatic heterocycles. The molecule has 0 aromatic rings. The molecule has 0 spiro atoms. The average molecular weight is 186 g/mol. The third kappa shape index (κ3) is 6.58. The number of carbonyl (C=O) groups excluding carboxylic acids is 1. The fraction of sp³-hybridized carbons (Fsp3) is 0.900. The minimum atomic E-state index is 0.157. The quantitative estimate of drug-likeness (QED) is 0.630. The molecule has 0 aromatic carbocycles.